The molecule has 0 aliphatic rings. The van der Waals surface area contributed by atoms with E-state index in [0.29, 0.717) is 6.54 Å². The number of anilines is 1. The fourth-order valence-corrected chi connectivity index (χ4v) is 2.11. The molecule has 108 valence electrons. The number of nitrogens with one attached hydrogen (secondary N) is 2. The summed E-state index contributed by atoms with van der Waals surface area (Å²) in [5.74, 6) is -0.284. The molecule has 0 heterocycles. The van der Waals surface area contributed by atoms with Crippen LogP contribution in [0.1, 0.15) is 16.7 Å². The van der Waals surface area contributed by atoms with Gasteiger partial charge in [0.25, 0.3) is 5.91 Å². The standard InChI is InChI=1S/C17H18N2OS/c1-12-8-9-15(13(2)10-12)19-16(20)17(21)18-11-14-6-4-3-5-7-14/h3-10H,11H2,1-2H3,(H,18,21)(H,19,20). The Morgan fingerprint density at radius 2 is 1.81 bits per heavy atom. The smallest absolute Gasteiger partial charge is 0.283 e. The van der Waals surface area contributed by atoms with Gasteiger partial charge in [0.1, 0.15) is 0 Å². The van der Waals surface area contributed by atoms with E-state index in [0.717, 1.165) is 22.4 Å². The second-order valence-corrected chi connectivity index (χ2v) is 5.35. The van der Waals surface area contributed by atoms with E-state index in [9.17, 15) is 4.79 Å². The first-order chi connectivity index (χ1) is 10.1. The number of aryl methyl sites for hydroxylation is 2. The lowest BCUT2D eigenvalue weighted by Crippen LogP contribution is -2.33. The first-order valence-electron chi connectivity index (χ1n) is 6.76. The summed E-state index contributed by atoms with van der Waals surface area (Å²) in [6.07, 6.45) is 0. The van der Waals surface area contributed by atoms with Crippen molar-refractivity contribution in [1.29, 1.82) is 0 Å². The number of benzene rings is 2. The molecule has 0 radical (unpaired) electrons. The van der Waals surface area contributed by atoms with Crippen molar-refractivity contribution in [3.63, 3.8) is 0 Å². The van der Waals surface area contributed by atoms with E-state index >= 15 is 0 Å². The Labute approximate surface area is 130 Å². The average Bonchev–Trinajstić information content (AvgIpc) is 2.48. The van der Waals surface area contributed by atoms with Crippen molar-refractivity contribution in [2.75, 3.05) is 5.32 Å². The molecule has 0 atom stereocenters. The molecular weight excluding hydrogens is 280 g/mol. The normalized spacial score (nSPS) is 10.0. The largest absolute Gasteiger partial charge is 0.368 e. The molecule has 0 unspecified atom stereocenters. The van der Waals surface area contributed by atoms with Crippen molar-refractivity contribution in [3.05, 3.63) is 65.2 Å². The summed E-state index contributed by atoms with van der Waals surface area (Å²) in [5.41, 5.74) is 4.05. The van der Waals surface area contributed by atoms with Crippen LogP contribution in [-0.4, -0.2) is 10.9 Å². The van der Waals surface area contributed by atoms with Gasteiger partial charge < -0.3 is 10.6 Å². The highest BCUT2D eigenvalue weighted by atomic mass is 32.1. The van der Waals surface area contributed by atoms with Gasteiger partial charge in [-0.3, -0.25) is 4.79 Å². The third kappa shape index (κ3) is 4.39. The predicted molar refractivity (Wildman–Crippen MR) is 90.4 cm³/mol. The second kappa shape index (κ2) is 6.99. The lowest BCUT2D eigenvalue weighted by Gasteiger charge is -2.11. The number of carbonyl (C=O) groups excluding carboxylic acids is 1. The van der Waals surface area contributed by atoms with Gasteiger partial charge >= 0.3 is 0 Å². The molecule has 0 bridgehead atoms. The Kier molecular flexibility index (Phi) is 5.06. The van der Waals surface area contributed by atoms with Crippen LogP contribution >= 0.6 is 12.2 Å². The molecule has 1 amide bonds. The molecule has 2 aromatic rings. The summed E-state index contributed by atoms with van der Waals surface area (Å²) in [5, 5.41) is 5.80. The van der Waals surface area contributed by atoms with Crippen LogP contribution < -0.4 is 10.6 Å². The van der Waals surface area contributed by atoms with E-state index in [1.807, 2.05) is 62.4 Å². The van der Waals surface area contributed by atoms with E-state index in [1.54, 1.807) is 0 Å². The van der Waals surface area contributed by atoms with Crippen LogP contribution in [0.4, 0.5) is 5.69 Å². The maximum atomic E-state index is 12.1. The van der Waals surface area contributed by atoms with Crippen molar-refractivity contribution < 1.29 is 4.79 Å². The third-order valence-electron chi connectivity index (χ3n) is 3.13. The van der Waals surface area contributed by atoms with Crippen LogP contribution in [0.25, 0.3) is 0 Å². The molecule has 0 spiro atoms. The zero-order valence-electron chi connectivity index (χ0n) is 12.1. The van der Waals surface area contributed by atoms with E-state index in [1.165, 1.54) is 0 Å². The first-order valence-corrected chi connectivity index (χ1v) is 7.17. The van der Waals surface area contributed by atoms with Gasteiger partial charge in [-0.1, -0.05) is 60.2 Å². The monoisotopic (exact) mass is 298 g/mol. The number of carbonyl (C=O) groups is 1. The zero-order valence-corrected chi connectivity index (χ0v) is 13.0. The Bertz CT molecular complexity index is 653. The fourth-order valence-electron chi connectivity index (χ4n) is 1.99. The molecule has 2 rings (SSSR count). The maximum absolute atomic E-state index is 12.1. The highest BCUT2D eigenvalue weighted by molar-refractivity contribution is 7.82. The van der Waals surface area contributed by atoms with Crippen molar-refractivity contribution in [1.82, 2.24) is 5.32 Å². The Balaban J connectivity index is 1.92. The van der Waals surface area contributed by atoms with Crippen LogP contribution in [0.3, 0.4) is 0 Å². The van der Waals surface area contributed by atoms with Crippen LogP contribution in [0.5, 0.6) is 0 Å². The molecule has 3 nitrogen and oxygen atoms in total. The van der Waals surface area contributed by atoms with Gasteiger partial charge in [0.15, 0.2) is 4.99 Å². The van der Waals surface area contributed by atoms with Crippen LogP contribution in [0, 0.1) is 13.8 Å². The summed E-state index contributed by atoms with van der Waals surface area (Å²) in [4.78, 5) is 12.2. The minimum atomic E-state index is -0.284. The van der Waals surface area contributed by atoms with Gasteiger partial charge in [-0.2, -0.15) is 0 Å². The SMILES string of the molecule is Cc1ccc(NC(=O)C(=S)NCc2ccccc2)c(C)c1. The Morgan fingerprint density at radius 3 is 2.48 bits per heavy atom. The summed E-state index contributed by atoms with van der Waals surface area (Å²) in [6, 6.07) is 15.7. The average molecular weight is 298 g/mol. The second-order valence-electron chi connectivity index (χ2n) is 4.94. The molecular formula is C17H18N2OS. The number of rotatable bonds is 3. The van der Waals surface area contributed by atoms with Gasteiger partial charge in [-0.15, -0.1) is 0 Å². The predicted octanol–water partition coefficient (Wildman–Crippen LogP) is 3.36. The van der Waals surface area contributed by atoms with Crippen LogP contribution in [0.2, 0.25) is 0 Å². The van der Waals surface area contributed by atoms with E-state index in [4.69, 9.17) is 12.2 Å². The van der Waals surface area contributed by atoms with Crippen molar-refractivity contribution in [3.8, 4) is 0 Å². The summed E-state index contributed by atoms with van der Waals surface area (Å²) >= 11 is 5.12. The maximum Gasteiger partial charge on any atom is 0.283 e. The number of hydrogen-bond donors (Lipinski definition) is 2. The fraction of sp³-hybridized carbons (Fsp3) is 0.176. The highest BCUT2D eigenvalue weighted by Gasteiger charge is 2.10. The Morgan fingerprint density at radius 1 is 1.10 bits per heavy atom. The van der Waals surface area contributed by atoms with Gasteiger partial charge in [0.2, 0.25) is 0 Å². The third-order valence-corrected chi connectivity index (χ3v) is 3.46. The summed E-state index contributed by atoms with van der Waals surface area (Å²) in [6.45, 7) is 4.52. The van der Waals surface area contributed by atoms with Crippen LogP contribution in [0.15, 0.2) is 48.5 Å². The van der Waals surface area contributed by atoms with Gasteiger partial charge in [0, 0.05) is 12.2 Å². The first kappa shape index (κ1) is 15.2. The van der Waals surface area contributed by atoms with Crippen molar-refractivity contribution in [2.24, 2.45) is 0 Å². The molecule has 0 aromatic heterocycles. The quantitative estimate of drug-likeness (QED) is 0.854. The van der Waals surface area contributed by atoms with E-state index in [-0.39, 0.29) is 10.9 Å². The molecule has 2 aromatic carbocycles. The van der Waals surface area contributed by atoms with Crippen LogP contribution in [-0.2, 0) is 11.3 Å². The molecule has 0 saturated carbocycles. The summed E-state index contributed by atoms with van der Waals surface area (Å²) in [7, 11) is 0. The minimum absolute atomic E-state index is 0.193. The minimum Gasteiger partial charge on any atom is -0.368 e. The molecule has 2 N–H and O–H groups in total. The van der Waals surface area contributed by atoms with Crippen molar-refractivity contribution in [2.45, 2.75) is 20.4 Å². The molecule has 21 heavy (non-hydrogen) atoms. The number of amides is 1. The zero-order chi connectivity index (χ0) is 15.2. The topological polar surface area (TPSA) is 41.1 Å². The molecule has 0 aliphatic carbocycles. The van der Waals surface area contributed by atoms with Gasteiger partial charge in [0.05, 0.1) is 0 Å². The summed E-state index contributed by atoms with van der Waals surface area (Å²) < 4.78 is 0. The number of thiocarbonyl (C=S) groups is 1. The van der Waals surface area contributed by atoms with Gasteiger partial charge in [-0.05, 0) is 31.0 Å². The van der Waals surface area contributed by atoms with E-state index < -0.39 is 0 Å². The van der Waals surface area contributed by atoms with E-state index in [2.05, 4.69) is 10.6 Å². The Hall–Kier alpha value is -2.20. The number of hydrogen-bond acceptors (Lipinski definition) is 2. The molecule has 0 aliphatic heterocycles. The van der Waals surface area contributed by atoms with Gasteiger partial charge in [-0.25, -0.2) is 0 Å². The molecule has 0 fully saturated rings. The molecule has 0 saturated heterocycles. The lowest BCUT2D eigenvalue weighted by atomic mass is 10.1. The highest BCUT2D eigenvalue weighted by Crippen LogP contribution is 2.15. The van der Waals surface area contributed by atoms with Crippen molar-refractivity contribution >= 4 is 28.8 Å². The molecule has 4 heteroatoms. The lowest BCUT2D eigenvalue weighted by molar-refractivity contribution is -0.110.